The third kappa shape index (κ3) is 5.41. The van der Waals surface area contributed by atoms with Crippen LogP contribution in [0.1, 0.15) is 40.0 Å². The minimum Gasteiger partial charge on any atom is -0.494 e. The molecule has 0 aliphatic heterocycles. The Hall–Kier alpha value is -1.22. The normalized spacial score (nSPS) is 15.2. The fraction of sp³-hybridized carbons (Fsp3) is 0.647. The van der Waals surface area contributed by atoms with Crippen molar-refractivity contribution >= 4 is 0 Å². The molecular formula is C17H27NO2. The molecule has 0 unspecified atom stereocenters. The zero-order valence-corrected chi connectivity index (χ0v) is 12.9. The maximum atomic E-state index is 5.89. The molecule has 1 aromatic carbocycles. The van der Waals surface area contributed by atoms with Gasteiger partial charge in [-0.2, -0.15) is 0 Å². The standard InChI is InChI=1S/C17H27NO2/c1-4-11-19-15-7-9-16(10-8-15)20-13-17(2,3)12-18-14-5-6-14/h7-10,14,18H,4-6,11-13H2,1-3H3. The molecule has 3 heteroatoms. The summed E-state index contributed by atoms with van der Waals surface area (Å²) in [6, 6.07) is 8.66. The third-order valence-corrected chi connectivity index (χ3v) is 3.37. The van der Waals surface area contributed by atoms with Crippen molar-refractivity contribution in [1.29, 1.82) is 0 Å². The fourth-order valence-electron chi connectivity index (χ4n) is 1.89. The van der Waals surface area contributed by atoms with E-state index in [0.29, 0.717) is 0 Å². The van der Waals surface area contributed by atoms with Crippen molar-refractivity contribution in [3.05, 3.63) is 24.3 Å². The van der Waals surface area contributed by atoms with Crippen LogP contribution in [0.4, 0.5) is 0 Å². The highest BCUT2D eigenvalue weighted by Crippen LogP contribution is 2.23. The second-order valence-electron chi connectivity index (χ2n) is 6.43. The lowest BCUT2D eigenvalue weighted by atomic mass is 9.95. The highest BCUT2D eigenvalue weighted by molar-refractivity contribution is 5.31. The number of rotatable bonds is 9. The van der Waals surface area contributed by atoms with E-state index < -0.39 is 0 Å². The summed E-state index contributed by atoms with van der Waals surface area (Å²) in [6.07, 6.45) is 3.69. The molecule has 20 heavy (non-hydrogen) atoms. The third-order valence-electron chi connectivity index (χ3n) is 3.37. The second kappa shape index (κ2) is 6.98. The van der Waals surface area contributed by atoms with Crippen LogP contribution in [0.2, 0.25) is 0 Å². The lowest BCUT2D eigenvalue weighted by Crippen LogP contribution is -2.35. The van der Waals surface area contributed by atoms with Gasteiger partial charge in [0.1, 0.15) is 11.5 Å². The molecular weight excluding hydrogens is 250 g/mol. The first kappa shape index (κ1) is 15.2. The Morgan fingerprint density at radius 2 is 1.70 bits per heavy atom. The van der Waals surface area contributed by atoms with Gasteiger partial charge in [-0.3, -0.25) is 0 Å². The van der Waals surface area contributed by atoms with E-state index in [2.05, 4.69) is 26.1 Å². The first-order valence-electron chi connectivity index (χ1n) is 7.68. The predicted molar refractivity (Wildman–Crippen MR) is 82.5 cm³/mol. The molecule has 0 atom stereocenters. The fourth-order valence-corrected chi connectivity index (χ4v) is 1.89. The highest BCUT2D eigenvalue weighted by atomic mass is 16.5. The van der Waals surface area contributed by atoms with Crippen molar-refractivity contribution < 1.29 is 9.47 Å². The van der Waals surface area contributed by atoms with Crippen molar-refractivity contribution in [2.75, 3.05) is 19.8 Å². The van der Waals surface area contributed by atoms with Crippen LogP contribution < -0.4 is 14.8 Å². The summed E-state index contributed by atoms with van der Waals surface area (Å²) in [5.74, 6) is 1.82. The topological polar surface area (TPSA) is 30.5 Å². The molecule has 0 bridgehead atoms. The molecule has 0 aromatic heterocycles. The summed E-state index contributed by atoms with van der Waals surface area (Å²) in [5.41, 5.74) is 0.153. The number of ether oxygens (including phenoxy) is 2. The number of nitrogens with one attached hydrogen (secondary N) is 1. The zero-order chi connectivity index (χ0) is 14.4. The van der Waals surface area contributed by atoms with E-state index in [4.69, 9.17) is 9.47 Å². The molecule has 0 spiro atoms. The number of hydrogen-bond donors (Lipinski definition) is 1. The van der Waals surface area contributed by atoms with Crippen molar-refractivity contribution in [3.8, 4) is 11.5 Å². The molecule has 1 N–H and O–H groups in total. The van der Waals surface area contributed by atoms with Crippen LogP contribution in [0.15, 0.2) is 24.3 Å². The van der Waals surface area contributed by atoms with Gasteiger partial charge in [0.05, 0.1) is 13.2 Å². The van der Waals surface area contributed by atoms with Crippen LogP contribution in [-0.2, 0) is 0 Å². The summed E-state index contributed by atoms with van der Waals surface area (Å²) < 4.78 is 11.4. The van der Waals surface area contributed by atoms with Crippen molar-refractivity contribution in [1.82, 2.24) is 5.32 Å². The van der Waals surface area contributed by atoms with E-state index in [1.807, 2.05) is 24.3 Å². The monoisotopic (exact) mass is 277 g/mol. The first-order valence-corrected chi connectivity index (χ1v) is 7.68. The molecule has 1 aromatic rings. The molecule has 1 saturated carbocycles. The molecule has 1 fully saturated rings. The predicted octanol–water partition coefficient (Wildman–Crippen LogP) is 3.63. The smallest absolute Gasteiger partial charge is 0.119 e. The van der Waals surface area contributed by atoms with Crippen LogP contribution in [-0.4, -0.2) is 25.8 Å². The van der Waals surface area contributed by atoms with Gasteiger partial charge in [-0.05, 0) is 43.5 Å². The van der Waals surface area contributed by atoms with Gasteiger partial charge in [-0.1, -0.05) is 20.8 Å². The van der Waals surface area contributed by atoms with E-state index in [1.54, 1.807) is 0 Å². The van der Waals surface area contributed by atoms with E-state index in [-0.39, 0.29) is 5.41 Å². The Labute approximate surface area is 122 Å². The van der Waals surface area contributed by atoms with E-state index >= 15 is 0 Å². The van der Waals surface area contributed by atoms with Gasteiger partial charge in [0, 0.05) is 18.0 Å². The van der Waals surface area contributed by atoms with Gasteiger partial charge in [0.25, 0.3) is 0 Å². The van der Waals surface area contributed by atoms with Crippen LogP contribution in [0.3, 0.4) is 0 Å². The van der Waals surface area contributed by atoms with Crippen molar-refractivity contribution in [3.63, 3.8) is 0 Å². The zero-order valence-electron chi connectivity index (χ0n) is 12.9. The molecule has 0 heterocycles. The highest BCUT2D eigenvalue weighted by Gasteiger charge is 2.25. The second-order valence-corrected chi connectivity index (χ2v) is 6.43. The summed E-state index contributed by atoms with van der Waals surface area (Å²) in [5, 5.41) is 3.57. The van der Waals surface area contributed by atoms with E-state index in [9.17, 15) is 0 Å². The molecule has 0 amide bonds. The molecule has 1 aliphatic carbocycles. The van der Waals surface area contributed by atoms with Crippen LogP contribution in [0, 0.1) is 5.41 Å². The molecule has 3 nitrogen and oxygen atoms in total. The number of hydrogen-bond acceptors (Lipinski definition) is 3. The quantitative estimate of drug-likeness (QED) is 0.747. The molecule has 112 valence electrons. The minimum atomic E-state index is 0.153. The Bertz CT molecular complexity index is 396. The molecule has 0 saturated heterocycles. The van der Waals surface area contributed by atoms with Crippen LogP contribution in [0.5, 0.6) is 11.5 Å². The minimum absolute atomic E-state index is 0.153. The summed E-state index contributed by atoms with van der Waals surface area (Å²) in [7, 11) is 0. The lowest BCUT2D eigenvalue weighted by Gasteiger charge is -2.25. The van der Waals surface area contributed by atoms with Gasteiger partial charge in [0.2, 0.25) is 0 Å². The first-order chi connectivity index (χ1) is 9.59. The Balaban J connectivity index is 1.74. The van der Waals surface area contributed by atoms with E-state index in [1.165, 1.54) is 12.8 Å². The Morgan fingerprint density at radius 1 is 1.10 bits per heavy atom. The summed E-state index contributed by atoms with van der Waals surface area (Å²) >= 11 is 0. The average Bonchev–Trinajstić information content (AvgIpc) is 3.26. The molecule has 1 aliphatic rings. The SMILES string of the molecule is CCCOc1ccc(OCC(C)(C)CNC2CC2)cc1. The van der Waals surface area contributed by atoms with Gasteiger partial charge < -0.3 is 14.8 Å². The van der Waals surface area contributed by atoms with Gasteiger partial charge in [-0.25, -0.2) is 0 Å². The van der Waals surface area contributed by atoms with E-state index in [0.717, 1.165) is 43.7 Å². The maximum Gasteiger partial charge on any atom is 0.119 e. The van der Waals surface area contributed by atoms with Gasteiger partial charge >= 0.3 is 0 Å². The van der Waals surface area contributed by atoms with Crippen molar-refractivity contribution in [2.24, 2.45) is 5.41 Å². The Kier molecular flexibility index (Phi) is 5.30. The van der Waals surface area contributed by atoms with Gasteiger partial charge in [0.15, 0.2) is 0 Å². The Morgan fingerprint density at radius 3 is 2.25 bits per heavy atom. The summed E-state index contributed by atoms with van der Waals surface area (Å²) in [6.45, 7) is 9.08. The largest absolute Gasteiger partial charge is 0.494 e. The molecule has 0 radical (unpaired) electrons. The van der Waals surface area contributed by atoms with Crippen molar-refractivity contribution in [2.45, 2.75) is 46.1 Å². The lowest BCUT2D eigenvalue weighted by molar-refractivity contribution is 0.176. The summed E-state index contributed by atoms with van der Waals surface area (Å²) in [4.78, 5) is 0. The number of benzene rings is 1. The molecule has 2 rings (SSSR count). The van der Waals surface area contributed by atoms with Gasteiger partial charge in [-0.15, -0.1) is 0 Å². The van der Waals surface area contributed by atoms with Crippen LogP contribution in [0.25, 0.3) is 0 Å². The average molecular weight is 277 g/mol. The maximum absolute atomic E-state index is 5.89. The van der Waals surface area contributed by atoms with Crippen LogP contribution >= 0.6 is 0 Å².